The van der Waals surface area contributed by atoms with Crippen LogP contribution in [0.25, 0.3) is 11.3 Å². The molecule has 0 saturated carbocycles. The number of amides is 2. The Kier molecular flexibility index (Phi) is 5.39. The normalized spacial score (nSPS) is 26.6. The molecule has 3 aliphatic heterocycles. The van der Waals surface area contributed by atoms with Gasteiger partial charge in [0.15, 0.2) is 0 Å². The molecular weight excluding hydrogens is 503 g/mol. The number of fused-ring (bicyclic) bond motifs is 4. The Bertz CT molecular complexity index is 1420. The van der Waals surface area contributed by atoms with E-state index in [4.69, 9.17) is 32.4 Å². The SMILES string of the molecule is COC(=O)[C@H]1C(=O)N2CC[C@]3(C(=O)Nc4ccccc43)[C@H]2C[C@@H]1c1ccc(-c2ccc(Cl)c(Cl)c2)o1. The number of carbonyl (C=O) groups is 3. The first-order valence-electron chi connectivity index (χ1n) is 11.7. The van der Waals surface area contributed by atoms with Crippen LogP contribution in [0.4, 0.5) is 5.69 Å². The molecule has 0 radical (unpaired) electrons. The van der Waals surface area contributed by atoms with Crippen LogP contribution in [-0.2, 0) is 24.5 Å². The van der Waals surface area contributed by atoms with Crippen molar-refractivity contribution >= 4 is 46.7 Å². The number of nitrogens with one attached hydrogen (secondary N) is 1. The molecule has 1 spiro atoms. The lowest BCUT2D eigenvalue weighted by Gasteiger charge is -2.42. The van der Waals surface area contributed by atoms with Crippen molar-refractivity contribution in [2.75, 3.05) is 19.0 Å². The topological polar surface area (TPSA) is 88.9 Å². The lowest BCUT2D eigenvalue weighted by molar-refractivity contribution is -0.159. The molecule has 6 rings (SSSR count). The molecule has 2 saturated heterocycles. The molecule has 2 aromatic carbocycles. The summed E-state index contributed by atoms with van der Waals surface area (Å²) >= 11 is 12.2. The van der Waals surface area contributed by atoms with Crippen molar-refractivity contribution < 1.29 is 23.5 Å². The minimum Gasteiger partial charge on any atom is -0.468 e. The highest BCUT2D eigenvalue weighted by Crippen LogP contribution is 2.54. The van der Waals surface area contributed by atoms with Crippen LogP contribution in [0, 0.1) is 5.92 Å². The van der Waals surface area contributed by atoms with E-state index in [-0.39, 0.29) is 11.8 Å². The molecule has 7 nitrogen and oxygen atoms in total. The summed E-state index contributed by atoms with van der Waals surface area (Å²) in [5, 5.41) is 3.82. The second kappa shape index (κ2) is 8.39. The van der Waals surface area contributed by atoms with E-state index in [1.54, 1.807) is 35.2 Å². The predicted molar refractivity (Wildman–Crippen MR) is 134 cm³/mol. The Morgan fingerprint density at radius 1 is 1.11 bits per heavy atom. The summed E-state index contributed by atoms with van der Waals surface area (Å²) in [6, 6.07) is 15.9. The lowest BCUT2D eigenvalue weighted by atomic mass is 9.68. The lowest BCUT2D eigenvalue weighted by Crippen LogP contribution is -2.56. The fourth-order valence-corrected chi connectivity index (χ4v) is 6.45. The largest absolute Gasteiger partial charge is 0.468 e. The molecule has 3 aromatic rings. The zero-order valence-electron chi connectivity index (χ0n) is 19.3. The summed E-state index contributed by atoms with van der Waals surface area (Å²) in [5.74, 6) is -1.72. The van der Waals surface area contributed by atoms with Crippen molar-refractivity contribution in [2.24, 2.45) is 5.92 Å². The zero-order valence-corrected chi connectivity index (χ0v) is 20.8. The van der Waals surface area contributed by atoms with Crippen molar-refractivity contribution in [3.63, 3.8) is 0 Å². The highest BCUT2D eigenvalue weighted by atomic mass is 35.5. The third-order valence-electron chi connectivity index (χ3n) is 7.83. The molecule has 4 atom stereocenters. The Morgan fingerprint density at radius 2 is 1.92 bits per heavy atom. The number of nitrogens with zero attached hydrogens (tertiary/aromatic N) is 1. The van der Waals surface area contributed by atoms with E-state index in [9.17, 15) is 14.4 Å². The van der Waals surface area contributed by atoms with Crippen molar-refractivity contribution in [2.45, 2.75) is 30.2 Å². The van der Waals surface area contributed by atoms with Gasteiger partial charge in [0.05, 0.1) is 28.6 Å². The van der Waals surface area contributed by atoms with Gasteiger partial charge in [-0.15, -0.1) is 0 Å². The standard InChI is InChI=1S/C27H22Cl2N2O5/c1-35-25(33)23-15(21-9-8-20(36-21)14-6-7-17(28)18(29)12-14)13-22-27(10-11-31(22)24(23)32)16-4-2-3-5-19(16)30-26(27)34/h2-9,12,15,22-23H,10-11,13H2,1H3,(H,30,34)/t15-,22-,23-,27-/m1/s1. The van der Waals surface area contributed by atoms with Gasteiger partial charge in [0.2, 0.25) is 11.8 Å². The van der Waals surface area contributed by atoms with E-state index < -0.39 is 29.3 Å². The van der Waals surface area contributed by atoms with Gasteiger partial charge in [-0.1, -0.05) is 41.4 Å². The van der Waals surface area contributed by atoms with Gasteiger partial charge < -0.3 is 19.4 Å². The number of piperidine rings is 1. The second-order valence-corrected chi connectivity index (χ2v) is 10.3. The van der Waals surface area contributed by atoms with Crippen LogP contribution in [0.15, 0.2) is 59.0 Å². The van der Waals surface area contributed by atoms with Gasteiger partial charge in [-0.05, 0) is 54.8 Å². The smallest absolute Gasteiger partial charge is 0.318 e. The molecule has 2 amide bonds. The minimum absolute atomic E-state index is 0.116. The maximum Gasteiger partial charge on any atom is 0.318 e. The molecule has 0 aliphatic carbocycles. The molecule has 36 heavy (non-hydrogen) atoms. The van der Waals surface area contributed by atoms with Crippen LogP contribution in [0.5, 0.6) is 0 Å². The number of hydrogen-bond acceptors (Lipinski definition) is 5. The van der Waals surface area contributed by atoms with Crippen molar-refractivity contribution in [3.8, 4) is 11.3 Å². The molecule has 2 fully saturated rings. The first-order valence-corrected chi connectivity index (χ1v) is 12.4. The number of hydrogen-bond donors (Lipinski definition) is 1. The van der Waals surface area contributed by atoms with Gasteiger partial charge in [-0.25, -0.2) is 0 Å². The van der Waals surface area contributed by atoms with E-state index >= 15 is 0 Å². The molecule has 184 valence electrons. The molecule has 4 heterocycles. The quantitative estimate of drug-likeness (QED) is 0.383. The first kappa shape index (κ1) is 23.1. The van der Waals surface area contributed by atoms with E-state index in [0.717, 1.165) is 16.8 Å². The van der Waals surface area contributed by atoms with Gasteiger partial charge in [0.1, 0.15) is 17.4 Å². The van der Waals surface area contributed by atoms with E-state index in [1.807, 2.05) is 24.3 Å². The first-order chi connectivity index (χ1) is 17.3. The molecule has 1 N–H and O–H groups in total. The second-order valence-electron chi connectivity index (χ2n) is 9.44. The molecule has 3 aliphatic rings. The summed E-state index contributed by atoms with van der Waals surface area (Å²) in [4.78, 5) is 41.7. The summed E-state index contributed by atoms with van der Waals surface area (Å²) in [7, 11) is 1.27. The highest BCUT2D eigenvalue weighted by Gasteiger charge is 2.63. The molecule has 0 bridgehead atoms. The number of anilines is 1. The van der Waals surface area contributed by atoms with E-state index in [0.29, 0.717) is 41.0 Å². The Balaban J connectivity index is 1.42. The molecule has 0 unspecified atom stereocenters. The van der Waals surface area contributed by atoms with E-state index in [1.165, 1.54) is 7.11 Å². The van der Waals surface area contributed by atoms with Gasteiger partial charge in [-0.2, -0.15) is 0 Å². The maximum atomic E-state index is 13.7. The maximum absolute atomic E-state index is 13.7. The fraction of sp³-hybridized carbons (Fsp3) is 0.296. The van der Waals surface area contributed by atoms with Gasteiger partial charge >= 0.3 is 5.97 Å². The summed E-state index contributed by atoms with van der Waals surface area (Å²) in [6.45, 7) is 0.387. The minimum atomic E-state index is -1.06. The van der Waals surface area contributed by atoms with Crippen LogP contribution < -0.4 is 5.32 Å². The van der Waals surface area contributed by atoms with Gasteiger partial charge in [0.25, 0.3) is 0 Å². The third kappa shape index (κ3) is 3.22. The van der Waals surface area contributed by atoms with Crippen molar-refractivity contribution in [1.29, 1.82) is 0 Å². The average Bonchev–Trinajstić information content (AvgIpc) is 3.58. The monoisotopic (exact) mass is 524 g/mol. The predicted octanol–water partition coefficient (Wildman–Crippen LogP) is 5.02. The van der Waals surface area contributed by atoms with Crippen molar-refractivity contribution in [1.82, 2.24) is 4.90 Å². The van der Waals surface area contributed by atoms with Crippen LogP contribution in [0.1, 0.15) is 30.1 Å². The van der Waals surface area contributed by atoms with Crippen LogP contribution >= 0.6 is 23.2 Å². The number of furan rings is 1. The van der Waals surface area contributed by atoms with Gasteiger partial charge in [-0.3, -0.25) is 14.4 Å². The fourth-order valence-electron chi connectivity index (χ4n) is 6.15. The third-order valence-corrected chi connectivity index (χ3v) is 8.57. The van der Waals surface area contributed by atoms with Crippen LogP contribution in [0.2, 0.25) is 10.0 Å². The average molecular weight is 525 g/mol. The van der Waals surface area contributed by atoms with Crippen LogP contribution in [-0.4, -0.2) is 42.4 Å². The van der Waals surface area contributed by atoms with Crippen LogP contribution in [0.3, 0.4) is 0 Å². The summed E-state index contributed by atoms with van der Waals surface area (Å²) < 4.78 is 11.2. The molecular formula is C27H22Cl2N2O5. The number of para-hydroxylation sites is 1. The zero-order chi connectivity index (χ0) is 25.2. The summed E-state index contributed by atoms with van der Waals surface area (Å²) in [6.07, 6.45) is 0.862. The number of esters is 1. The number of ether oxygens (including phenoxy) is 1. The number of benzene rings is 2. The molecule has 1 aromatic heterocycles. The summed E-state index contributed by atoms with van der Waals surface area (Å²) in [5.41, 5.74) is 1.50. The Hall–Kier alpha value is -3.29. The highest BCUT2D eigenvalue weighted by molar-refractivity contribution is 6.42. The Labute approximate surface area is 217 Å². The number of carbonyl (C=O) groups excluding carboxylic acids is 3. The number of halogens is 2. The Morgan fingerprint density at radius 3 is 2.69 bits per heavy atom. The number of rotatable bonds is 3. The van der Waals surface area contributed by atoms with E-state index in [2.05, 4.69) is 5.32 Å². The van der Waals surface area contributed by atoms with Gasteiger partial charge in [0, 0.05) is 23.7 Å². The molecule has 9 heteroatoms. The number of methoxy groups -OCH3 is 1. The van der Waals surface area contributed by atoms with Crippen molar-refractivity contribution in [3.05, 3.63) is 76.0 Å².